The van der Waals surface area contributed by atoms with Crippen molar-refractivity contribution in [1.29, 1.82) is 0 Å². The van der Waals surface area contributed by atoms with E-state index >= 15 is 0 Å². The Morgan fingerprint density at radius 2 is 1.78 bits per heavy atom. The van der Waals surface area contributed by atoms with Crippen LogP contribution < -0.4 is 16.7 Å². The summed E-state index contributed by atoms with van der Waals surface area (Å²) >= 11 is 3.28. The molecule has 0 bridgehead atoms. The van der Waals surface area contributed by atoms with Crippen LogP contribution in [0.2, 0.25) is 0 Å². The van der Waals surface area contributed by atoms with Crippen LogP contribution in [0.4, 0.5) is 0 Å². The zero-order chi connectivity index (χ0) is 19.4. The van der Waals surface area contributed by atoms with Gasteiger partial charge in [-0.15, -0.1) is 0 Å². The molecule has 136 valence electrons. The summed E-state index contributed by atoms with van der Waals surface area (Å²) in [5.74, 6) is -1.08. The Balaban J connectivity index is 1.93. The quantitative estimate of drug-likeness (QED) is 0.433. The molecule has 0 saturated carbocycles. The zero-order valence-corrected chi connectivity index (χ0v) is 15.3. The fraction of sp³-hybridized carbons (Fsp3) is 0. The molecule has 0 atom stereocenters. The van der Waals surface area contributed by atoms with Gasteiger partial charge in [0.25, 0.3) is 11.5 Å². The lowest BCUT2D eigenvalue weighted by atomic mass is 10.2. The summed E-state index contributed by atoms with van der Waals surface area (Å²) in [6.07, 6.45) is 0.976. The highest BCUT2D eigenvalue weighted by atomic mass is 79.9. The highest BCUT2D eigenvalue weighted by Crippen LogP contribution is 2.17. The SMILES string of the molecule is O=C(N/N=C\c1c(O)n(-c2ccc(Br)cc2)c(=O)[nH]c1=O)c1ccccc1. The molecule has 1 heterocycles. The van der Waals surface area contributed by atoms with Crippen LogP contribution in [0, 0.1) is 0 Å². The molecule has 0 aliphatic rings. The molecule has 0 spiro atoms. The van der Waals surface area contributed by atoms with E-state index in [1.54, 1.807) is 54.6 Å². The average molecular weight is 429 g/mol. The van der Waals surface area contributed by atoms with Crippen molar-refractivity contribution in [2.75, 3.05) is 0 Å². The first-order valence-electron chi connectivity index (χ1n) is 7.70. The molecule has 9 heteroatoms. The molecule has 0 saturated heterocycles. The van der Waals surface area contributed by atoms with Crippen LogP contribution in [0.25, 0.3) is 5.69 Å². The highest BCUT2D eigenvalue weighted by Gasteiger charge is 2.14. The second-order valence-electron chi connectivity index (χ2n) is 5.37. The first-order valence-corrected chi connectivity index (χ1v) is 8.49. The van der Waals surface area contributed by atoms with Crippen LogP contribution in [-0.2, 0) is 0 Å². The summed E-state index contributed by atoms with van der Waals surface area (Å²) in [6, 6.07) is 14.9. The van der Waals surface area contributed by atoms with E-state index in [0.29, 0.717) is 11.3 Å². The van der Waals surface area contributed by atoms with Gasteiger partial charge in [-0.05, 0) is 36.4 Å². The van der Waals surface area contributed by atoms with E-state index in [-0.39, 0.29) is 5.56 Å². The monoisotopic (exact) mass is 428 g/mol. The fourth-order valence-corrected chi connectivity index (χ4v) is 2.56. The van der Waals surface area contributed by atoms with E-state index < -0.39 is 23.0 Å². The number of aromatic nitrogens is 2. The summed E-state index contributed by atoms with van der Waals surface area (Å²) < 4.78 is 1.71. The smallest absolute Gasteiger partial charge is 0.335 e. The van der Waals surface area contributed by atoms with E-state index in [2.05, 4.69) is 31.4 Å². The molecule has 0 fully saturated rings. The maximum atomic E-state index is 12.1. The van der Waals surface area contributed by atoms with Crippen molar-refractivity contribution < 1.29 is 9.90 Å². The van der Waals surface area contributed by atoms with Gasteiger partial charge in [0.15, 0.2) is 0 Å². The van der Waals surface area contributed by atoms with Gasteiger partial charge >= 0.3 is 5.69 Å². The van der Waals surface area contributed by atoms with Crippen molar-refractivity contribution in [3.8, 4) is 11.6 Å². The minimum atomic E-state index is -0.830. The van der Waals surface area contributed by atoms with Gasteiger partial charge in [-0.1, -0.05) is 34.1 Å². The Bertz CT molecular complexity index is 1120. The third-order valence-electron chi connectivity index (χ3n) is 3.60. The third-order valence-corrected chi connectivity index (χ3v) is 4.13. The number of halogens is 1. The van der Waals surface area contributed by atoms with Crippen LogP contribution in [-0.4, -0.2) is 26.8 Å². The van der Waals surface area contributed by atoms with Gasteiger partial charge in [-0.2, -0.15) is 5.10 Å². The molecule has 0 aliphatic heterocycles. The average Bonchev–Trinajstić information content (AvgIpc) is 2.66. The van der Waals surface area contributed by atoms with Crippen LogP contribution in [0.5, 0.6) is 5.88 Å². The van der Waals surface area contributed by atoms with Crippen LogP contribution in [0.15, 0.2) is 73.8 Å². The first-order chi connectivity index (χ1) is 13.0. The van der Waals surface area contributed by atoms with Gasteiger partial charge in [0.2, 0.25) is 5.88 Å². The molecule has 27 heavy (non-hydrogen) atoms. The molecule has 3 N–H and O–H groups in total. The number of hydrogen-bond acceptors (Lipinski definition) is 5. The lowest BCUT2D eigenvalue weighted by Crippen LogP contribution is -2.31. The molecule has 3 rings (SSSR count). The molecular weight excluding hydrogens is 416 g/mol. The molecule has 3 aromatic rings. The number of carbonyl (C=O) groups excluding carboxylic acids is 1. The summed E-state index contributed by atoms with van der Waals surface area (Å²) in [7, 11) is 0. The van der Waals surface area contributed by atoms with E-state index in [4.69, 9.17) is 0 Å². The Morgan fingerprint density at radius 1 is 1.11 bits per heavy atom. The van der Waals surface area contributed by atoms with Crippen LogP contribution in [0.1, 0.15) is 15.9 Å². The molecule has 0 radical (unpaired) electrons. The fourth-order valence-electron chi connectivity index (χ4n) is 2.29. The molecule has 0 aliphatic carbocycles. The predicted molar refractivity (Wildman–Crippen MR) is 104 cm³/mol. The third kappa shape index (κ3) is 4.04. The molecule has 2 aromatic carbocycles. The number of nitrogens with one attached hydrogen (secondary N) is 2. The number of amides is 1. The van der Waals surface area contributed by atoms with E-state index in [0.717, 1.165) is 15.3 Å². The first kappa shape index (κ1) is 18.3. The summed E-state index contributed by atoms with van der Waals surface area (Å²) in [5, 5.41) is 14.1. The van der Waals surface area contributed by atoms with Gasteiger partial charge in [0.05, 0.1) is 11.9 Å². The summed E-state index contributed by atoms with van der Waals surface area (Å²) in [5.41, 5.74) is 1.08. The van der Waals surface area contributed by atoms with Crippen molar-refractivity contribution in [3.63, 3.8) is 0 Å². The van der Waals surface area contributed by atoms with Crippen molar-refractivity contribution in [2.24, 2.45) is 5.10 Å². The molecule has 0 unspecified atom stereocenters. The Morgan fingerprint density at radius 3 is 2.44 bits per heavy atom. The van der Waals surface area contributed by atoms with Crippen LogP contribution >= 0.6 is 15.9 Å². The lowest BCUT2D eigenvalue weighted by molar-refractivity contribution is 0.0955. The second kappa shape index (κ2) is 7.83. The molecule has 1 aromatic heterocycles. The number of benzene rings is 2. The van der Waals surface area contributed by atoms with Gasteiger partial charge in [-0.25, -0.2) is 14.8 Å². The predicted octanol–water partition coefficient (Wildman–Crippen LogP) is 1.76. The Labute approximate surface area is 160 Å². The normalized spacial score (nSPS) is 10.9. The number of hydrazone groups is 1. The maximum absolute atomic E-state index is 12.1. The van der Waals surface area contributed by atoms with E-state index in [9.17, 15) is 19.5 Å². The number of rotatable bonds is 4. The van der Waals surface area contributed by atoms with Crippen LogP contribution in [0.3, 0.4) is 0 Å². The molecular formula is C18H13BrN4O4. The Kier molecular flexibility index (Phi) is 5.32. The van der Waals surface area contributed by atoms with Crippen molar-refractivity contribution in [2.45, 2.75) is 0 Å². The van der Waals surface area contributed by atoms with Crippen molar-refractivity contribution in [1.82, 2.24) is 15.0 Å². The van der Waals surface area contributed by atoms with Crippen molar-refractivity contribution in [3.05, 3.63) is 91.0 Å². The van der Waals surface area contributed by atoms with Gasteiger partial charge in [-0.3, -0.25) is 14.6 Å². The molecule has 8 nitrogen and oxygen atoms in total. The van der Waals surface area contributed by atoms with Gasteiger partial charge < -0.3 is 5.11 Å². The van der Waals surface area contributed by atoms with Gasteiger partial charge in [0, 0.05) is 10.0 Å². The second-order valence-corrected chi connectivity index (χ2v) is 6.29. The number of aromatic hydroxyl groups is 1. The minimum absolute atomic E-state index is 0.272. The number of nitrogens with zero attached hydrogens (tertiary/aromatic N) is 2. The number of carbonyl (C=O) groups is 1. The van der Waals surface area contributed by atoms with E-state index in [1.165, 1.54) is 0 Å². The summed E-state index contributed by atoms with van der Waals surface area (Å²) in [6.45, 7) is 0. The largest absolute Gasteiger partial charge is 0.493 e. The number of aromatic amines is 1. The Hall–Kier alpha value is -3.46. The maximum Gasteiger partial charge on any atom is 0.335 e. The number of H-pyrrole nitrogens is 1. The number of hydrogen-bond donors (Lipinski definition) is 3. The molecule has 1 amide bonds. The summed E-state index contributed by atoms with van der Waals surface area (Å²) in [4.78, 5) is 38.1. The minimum Gasteiger partial charge on any atom is -0.493 e. The lowest BCUT2D eigenvalue weighted by Gasteiger charge is -2.09. The van der Waals surface area contributed by atoms with Crippen molar-refractivity contribution >= 4 is 28.1 Å². The van der Waals surface area contributed by atoms with Gasteiger partial charge in [0.1, 0.15) is 5.56 Å². The highest BCUT2D eigenvalue weighted by molar-refractivity contribution is 9.10. The topological polar surface area (TPSA) is 117 Å². The zero-order valence-electron chi connectivity index (χ0n) is 13.7. The van der Waals surface area contributed by atoms with E-state index in [1.807, 2.05) is 0 Å². The standard InChI is InChI=1S/C18H13BrN4O4/c19-12-6-8-13(9-7-12)23-17(26)14(16(25)21-18(23)27)10-20-22-15(24)11-4-2-1-3-5-11/h1-10,26H,(H,22,24)(H,21,25,27)/b20-10-.